The average Bonchev–Trinajstić information content (AvgIpc) is 2.36. The number of hydrogen-bond donors (Lipinski definition) is 0. The van der Waals surface area contributed by atoms with E-state index in [1.165, 1.54) is 0 Å². The summed E-state index contributed by atoms with van der Waals surface area (Å²) in [6.45, 7) is 8.01. The maximum Gasteiger partial charge on any atom is 0.155 e. The number of rotatable bonds is 2. The van der Waals surface area contributed by atoms with Gasteiger partial charge < -0.3 is 9.64 Å². The highest BCUT2D eigenvalue weighted by atomic mass is 35.5. The lowest BCUT2D eigenvalue weighted by atomic mass is 9.94. The molecule has 1 aliphatic heterocycles. The minimum Gasteiger partial charge on any atom is -0.377 e. The lowest BCUT2D eigenvalue weighted by Gasteiger charge is -2.40. The molecule has 2 rings (SSSR count). The highest BCUT2D eigenvalue weighted by Gasteiger charge is 2.32. The molecule has 0 aliphatic carbocycles. The Bertz CT molecular complexity index is 452. The number of halogens is 1. The zero-order valence-electron chi connectivity index (χ0n) is 11.5. The van der Waals surface area contributed by atoms with Gasteiger partial charge in [0.25, 0.3) is 0 Å². The number of nitrogens with zero attached hydrogens (tertiary/aromatic N) is 3. The topological polar surface area (TPSA) is 38.2 Å². The van der Waals surface area contributed by atoms with Gasteiger partial charge in [0, 0.05) is 20.2 Å². The van der Waals surface area contributed by atoms with Crippen LogP contribution in [0.2, 0.25) is 5.15 Å². The Morgan fingerprint density at radius 1 is 1.28 bits per heavy atom. The second-order valence-corrected chi connectivity index (χ2v) is 5.60. The first-order chi connectivity index (χ1) is 8.47. The molecular formula is C13H20ClN3O. The van der Waals surface area contributed by atoms with E-state index in [0.717, 1.165) is 42.9 Å². The highest BCUT2D eigenvalue weighted by Crippen LogP contribution is 2.30. The van der Waals surface area contributed by atoms with Gasteiger partial charge in [-0.1, -0.05) is 11.6 Å². The molecule has 0 bridgehead atoms. The lowest BCUT2D eigenvalue weighted by Crippen LogP contribution is -2.48. The van der Waals surface area contributed by atoms with E-state index in [1.54, 1.807) is 7.11 Å². The summed E-state index contributed by atoms with van der Waals surface area (Å²) < 4.78 is 5.61. The summed E-state index contributed by atoms with van der Waals surface area (Å²) in [5.41, 5.74) is 2.02. The second-order valence-electron chi connectivity index (χ2n) is 5.24. The third-order valence-electron chi connectivity index (χ3n) is 3.89. The maximum atomic E-state index is 5.99. The average molecular weight is 270 g/mol. The predicted octanol–water partition coefficient (Wildman–Crippen LogP) is 2.75. The van der Waals surface area contributed by atoms with Crippen LogP contribution in [0.1, 0.15) is 30.9 Å². The molecule has 1 aromatic heterocycles. The molecule has 4 nitrogen and oxygen atoms in total. The molecule has 1 fully saturated rings. The van der Waals surface area contributed by atoms with Crippen molar-refractivity contribution >= 4 is 17.4 Å². The van der Waals surface area contributed by atoms with Crippen LogP contribution in [0.25, 0.3) is 0 Å². The lowest BCUT2D eigenvalue weighted by molar-refractivity contribution is -0.00486. The van der Waals surface area contributed by atoms with Crippen LogP contribution in [0, 0.1) is 13.8 Å². The molecule has 1 aliphatic rings. The fraction of sp³-hybridized carbons (Fsp3) is 0.692. The molecule has 5 heteroatoms. The molecule has 0 saturated carbocycles. The van der Waals surface area contributed by atoms with Gasteiger partial charge in [0.2, 0.25) is 0 Å². The number of aromatic nitrogens is 2. The summed E-state index contributed by atoms with van der Waals surface area (Å²) >= 11 is 5.99. The van der Waals surface area contributed by atoms with E-state index in [4.69, 9.17) is 16.3 Å². The van der Waals surface area contributed by atoms with Crippen molar-refractivity contribution in [3.8, 4) is 0 Å². The SMILES string of the molecule is COC1(C)CCCN(c2nnc(Cl)c(C)c2C)C1. The van der Waals surface area contributed by atoms with E-state index in [2.05, 4.69) is 22.0 Å². The predicted molar refractivity (Wildman–Crippen MR) is 73.4 cm³/mol. The third-order valence-corrected chi connectivity index (χ3v) is 4.25. The van der Waals surface area contributed by atoms with E-state index in [9.17, 15) is 0 Å². The van der Waals surface area contributed by atoms with Crippen molar-refractivity contribution in [3.05, 3.63) is 16.3 Å². The fourth-order valence-corrected chi connectivity index (χ4v) is 2.60. The van der Waals surface area contributed by atoms with Crippen molar-refractivity contribution in [3.63, 3.8) is 0 Å². The van der Waals surface area contributed by atoms with Gasteiger partial charge in [-0.25, -0.2) is 0 Å². The quantitative estimate of drug-likeness (QED) is 0.828. The van der Waals surface area contributed by atoms with Gasteiger partial charge in [0.15, 0.2) is 11.0 Å². The number of hydrogen-bond acceptors (Lipinski definition) is 4. The molecule has 1 atom stereocenters. The van der Waals surface area contributed by atoms with Gasteiger partial charge >= 0.3 is 0 Å². The van der Waals surface area contributed by atoms with Crippen LogP contribution in [0.3, 0.4) is 0 Å². The summed E-state index contributed by atoms with van der Waals surface area (Å²) in [5, 5.41) is 8.76. The second kappa shape index (κ2) is 5.02. The molecule has 0 N–H and O–H groups in total. The summed E-state index contributed by atoms with van der Waals surface area (Å²) in [7, 11) is 1.77. The molecule has 100 valence electrons. The van der Waals surface area contributed by atoms with Crippen LogP contribution < -0.4 is 4.90 Å². The van der Waals surface area contributed by atoms with Crippen LogP contribution in [-0.4, -0.2) is 36.0 Å². The standard InChI is InChI=1S/C13H20ClN3O/c1-9-10(2)12(16-15-11(9)14)17-7-5-6-13(3,8-17)18-4/h5-8H2,1-4H3. The Balaban J connectivity index is 2.29. The Labute approximate surface area is 113 Å². The van der Waals surface area contributed by atoms with Gasteiger partial charge in [0.1, 0.15) is 0 Å². The zero-order valence-corrected chi connectivity index (χ0v) is 12.2. The molecule has 0 spiro atoms. The smallest absolute Gasteiger partial charge is 0.155 e. The monoisotopic (exact) mass is 269 g/mol. The van der Waals surface area contributed by atoms with Crippen molar-refractivity contribution in [1.82, 2.24) is 10.2 Å². The highest BCUT2D eigenvalue weighted by molar-refractivity contribution is 6.30. The number of anilines is 1. The Hall–Kier alpha value is -0.870. The molecule has 1 aromatic rings. The van der Waals surface area contributed by atoms with Crippen LogP contribution in [-0.2, 0) is 4.74 Å². The van der Waals surface area contributed by atoms with Gasteiger partial charge in [0.05, 0.1) is 5.60 Å². The first-order valence-corrected chi connectivity index (χ1v) is 6.64. The zero-order chi connectivity index (χ0) is 13.3. The summed E-state index contributed by atoms with van der Waals surface area (Å²) in [5.74, 6) is 0.930. The van der Waals surface area contributed by atoms with Gasteiger partial charge in [-0.15, -0.1) is 10.2 Å². The van der Waals surface area contributed by atoms with Crippen LogP contribution in [0.5, 0.6) is 0 Å². The third kappa shape index (κ3) is 2.45. The maximum absolute atomic E-state index is 5.99. The van der Waals surface area contributed by atoms with Gasteiger partial charge in [-0.3, -0.25) is 0 Å². The van der Waals surface area contributed by atoms with Crippen molar-refractivity contribution in [1.29, 1.82) is 0 Å². The van der Waals surface area contributed by atoms with Crippen molar-refractivity contribution in [2.45, 2.75) is 39.2 Å². The first kappa shape index (κ1) is 13.6. The number of methoxy groups -OCH3 is 1. The Kier molecular flexibility index (Phi) is 3.78. The number of piperidine rings is 1. The summed E-state index contributed by atoms with van der Waals surface area (Å²) in [4.78, 5) is 2.25. The van der Waals surface area contributed by atoms with E-state index in [0.29, 0.717) is 5.15 Å². The Morgan fingerprint density at radius 2 is 2.00 bits per heavy atom. The normalized spacial score (nSPS) is 24.4. The molecule has 2 heterocycles. The molecule has 0 amide bonds. The van der Waals surface area contributed by atoms with Crippen molar-refractivity contribution in [2.75, 3.05) is 25.1 Å². The van der Waals surface area contributed by atoms with E-state index in [-0.39, 0.29) is 5.60 Å². The minimum absolute atomic E-state index is 0.0973. The molecular weight excluding hydrogens is 250 g/mol. The fourth-order valence-electron chi connectivity index (χ4n) is 2.42. The van der Waals surface area contributed by atoms with Gasteiger partial charge in [-0.2, -0.15) is 0 Å². The van der Waals surface area contributed by atoms with E-state index >= 15 is 0 Å². The van der Waals surface area contributed by atoms with Crippen LogP contribution in [0.15, 0.2) is 0 Å². The van der Waals surface area contributed by atoms with Crippen molar-refractivity contribution < 1.29 is 4.74 Å². The van der Waals surface area contributed by atoms with Gasteiger partial charge in [-0.05, 0) is 44.7 Å². The Morgan fingerprint density at radius 3 is 2.67 bits per heavy atom. The molecule has 0 aromatic carbocycles. The molecule has 0 radical (unpaired) electrons. The first-order valence-electron chi connectivity index (χ1n) is 6.26. The van der Waals surface area contributed by atoms with E-state index in [1.807, 2.05) is 13.8 Å². The number of ether oxygens (including phenoxy) is 1. The summed E-state index contributed by atoms with van der Waals surface area (Å²) in [6, 6.07) is 0. The molecule has 1 saturated heterocycles. The largest absolute Gasteiger partial charge is 0.377 e. The minimum atomic E-state index is -0.0973. The van der Waals surface area contributed by atoms with Crippen molar-refractivity contribution in [2.24, 2.45) is 0 Å². The van der Waals surface area contributed by atoms with Crippen LogP contribution in [0.4, 0.5) is 5.82 Å². The summed E-state index contributed by atoms with van der Waals surface area (Å²) in [6.07, 6.45) is 2.19. The molecule has 18 heavy (non-hydrogen) atoms. The van der Waals surface area contributed by atoms with E-state index < -0.39 is 0 Å². The molecule has 1 unspecified atom stereocenters. The van der Waals surface area contributed by atoms with Crippen LogP contribution >= 0.6 is 11.6 Å².